The van der Waals surface area contributed by atoms with Gasteiger partial charge >= 0.3 is 6.09 Å². The van der Waals surface area contributed by atoms with Crippen molar-refractivity contribution in [2.75, 3.05) is 13.7 Å². The Kier molecular flexibility index (Phi) is 10.5. The van der Waals surface area contributed by atoms with E-state index in [1.165, 1.54) is 30.2 Å². The van der Waals surface area contributed by atoms with E-state index in [-0.39, 0.29) is 37.1 Å². The highest BCUT2D eigenvalue weighted by molar-refractivity contribution is 7.91. The second-order valence-electron chi connectivity index (χ2n) is 16.9. The summed E-state index contributed by atoms with van der Waals surface area (Å²) in [5, 5.41) is 5.88. The first kappa shape index (κ1) is 40.3. The Morgan fingerprint density at radius 3 is 2.59 bits per heavy atom. The Morgan fingerprint density at radius 2 is 1.85 bits per heavy atom. The molecule has 0 bridgehead atoms. The van der Waals surface area contributed by atoms with E-state index in [4.69, 9.17) is 23.6 Å². The third kappa shape index (κ3) is 8.25. The van der Waals surface area contributed by atoms with Crippen molar-refractivity contribution in [2.24, 2.45) is 5.92 Å². The maximum atomic E-state index is 14.9. The summed E-state index contributed by atoms with van der Waals surface area (Å²) in [6, 6.07) is 7.02. The van der Waals surface area contributed by atoms with Gasteiger partial charge in [0.15, 0.2) is 11.3 Å². The Morgan fingerprint density at radius 1 is 1.05 bits per heavy atom. The van der Waals surface area contributed by atoms with Crippen LogP contribution in [0.2, 0.25) is 0 Å². The standard InChI is InChI=1S/C42H48FN5O10S/c1-41(2,3)58-40(52)45-31-11-9-7-5-6-8-10-23-21-42(23,39(51)47-59(53,54)27-14-15-27)46-37(49)32-19-26(22-48(32)38(31)50)56-35-29-18-24(43)12-17-30(29)44-34-28-16-13-25(55-4)20-33(28)57-36(34)35/h8,10,12-13,16-18,20,23,26-27,31-32H,5-7,9,11,14-15,19,21-22H2,1-4H3,(H,45,52)(H,46,49)(H,47,51)/t23-,26-,31+,32+,42-/m1/s1. The number of allylic oxidation sites excluding steroid dienone is 1. The number of carbonyl (C=O) groups excluding carboxylic acids is 4. The van der Waals surface area contributed by atoms with E-state index in [0.29, 0.717) is 58.8 Å². The topological polar surface area (TPSA) is 195 Å². The molecule has 0 unspecified atom stereocenters. The molecule has 15 nitrogen and oxygen atoms in total. The summed E-state index contributed by atoms with van der Waals surface area (Å²) in [5.41, 5.74) is -0.900. The van der Waals surface area contributed by atoms with E-state index >= 15 is 0 Å². The molecular weight excluding hydrogens is 786 g/mol. The van der Waals surface area contributed by atoms with Gasteiger partial charge in [-0.25, -0.2) is 22.6 Å². The lowest BCUT2D eigenvalue weighted by molar-refractivity contribution is -0.141. The van der Waals surface area contributed by atoms with Crippen molar-refractivity contribution < 1.29 is 50.6 Å². The monoisotopic (exact) mass is 833 g/mol. The number of sulfonamides is 1. The highest BCUT2D eigenvalue weighted by atomic mass is 32.2. The van der Waals surface area contributed by atoms with E-state index in [2.05, 4.69) is 15.4 Å². The lowest BCUT2D eigenvalue weighted by Gasteiger charge is -2.30. The number of halogens is 1. The molecule has 0 spiro atoms. The molecule has 4 amide bonds. The highest BCUT2D eigenvalue weighted by Crippen LogP contribution is 2.46. The lowest BCUT2D eigenvalue weighted by Crippen LogP contribution is -2.58. The van der Waals surface area contributed by atoms with Gasteiger partial charge in [0.25, 0.3) is 5.91 Å². The Labute approximate surface area is 340 Å². The van der Waals surface area contributed by atoms with Crippen molar-refractivity contribution in [3.05, 3.63) is 54.4 Å². The number of methoxy groups -OCH3 is 1. The quantitative estimate of drug-likeness (QED) is 0.198. The smallest absolute Gasteiger partial charge is 0.408 e. The van der Waals surface area contributed by atoms with Crippen molar-refractivity contribution in [3.63, 3.8) is 0 Å². The van der Waals surface area contributed by atoms with Crippen LogP contribution in [0, 0.1) is 11.7 Å². The number of pyridine rings is 1. The maximum Gasteiger partial charge on any atom is 0.408 e. The predicted molar refractivity (Wildman–Crippen MR) is 215 cm³/mol. The molecule has 17 heteroatoms. The molecule has 2 aromatic heterocycles. The number of ether oxygens (including phenoxy) is 3. The zero-order valence-corrected chi connectivity index (χ0v) is 34.2. The molecule has 4 aliphatic rings. The van der Waals surface area contributed by atoms with Gasteiger partial charge < -0.3 is 34.2 Å². The molecule has 8 rings (SSSR count). The number of alkyl carbamates (subject to hydrolysis) is 1. The number of amides is 4. The van der Waals surface area contributed by atoms with Gasteiger partial charge in [0, 0.05) is 29.2 Å². The van der Waals surface area contributed by atoms with E-state index in [9.17, 15) is 32.0 Å². The summed E-state index contributed by atoms with van der Waals surface area (Å²) < 4.78 is 66.8. The van der Waals surface area contributed by atoms with Crippen LogP contribution in [0.25, 0.3) is 33.0 Å². The first-order valence-electron chi connectivity index (χ1n) is 20.1. The molecule has 2 aromatic carbocycles. The number of furan rings is 1. The Hall–Kier alpha value is -5.45. The minimum Gasteiger partial charge on any atom is -0.497 e. The largest absolute Gasteiger partial charge is 0.497 e. The van der Waals surface area contributed by atoms with E-state index in [0.717, 1.165) is 12.8 Å². The third-order valence-corrected chi connectivity index (χ3v) is 13.2. The Bertz CT molecular complexity index is 2500. The molecule has 2 aliphatic carbocycles. The summed E-state index contributed by atoms with van der Waals surface area (Å²) in [4.78, 5) is 62.3. The first-order valence-corrected chi connectivity index (χ1v) is 21.6. The molecule has 2 saturated carbocycles. The Balaban J connectivity index is 1.17. The minimum atomic E-state index is -3.94. The molecule has 0 radical (unpaired) electrons. The van der Waals surface area contributed by atoms with Crippen molar-refractivity contribution >= 4 is 66.8 Å². The van der Waals surface area contributed by atoms with E-state index in [1.807, 2.05) is 12.2 Å². The van der Waals surface area contributed by atoms with Gasteiger partial charge in [-0.15, -0.1) is 0 Å². The number of hydrogen-bond donors (Lipinski definition) is 3. The number of fused-ring (bicyclic) bond motifs is 6. The normalized spacial score (nSPS) is 25.4. The predicted octanol–water partition coefficient (Wildman–Crippen LogP) is 5.53. The van der Waals surface area contributed by atoms with Crippen LogP contribution in [-0.2, 0) is 29.1 Å². The molecule has 5 atom stereocenters. The van der Waals surface area contributed by atoms with Crippen LogP contribution in [0.4, 0.5) is 9.18 Å². The highest BCUT2D eigenvalue weighted by Gasteiger charge is 2.62. The van der Waals surface area contributed by atoms with Gasteiger partial charge in [0.1, 0.15) is 52.0 Å². The van der Waals surface area contributed by atoms with Gasteiger partial charge in [-0.05, 0) is 89.6 Å². The van der Waals surface area contributed by atoms with Crippen molar-refractivity contribution in [3.8, 4) is 11.5 Å². The second kappa shape index (κ2) is 15.3. The number of hydrogen-bond acceptors (Lipinski definition) is 11. The van der Waals surface area contributed by atoms with Crippen LogP contribution in [-0.4, -0.2) is 90.3 Å². The summed E-state index contributed by atoms with van der Waals surface area (Å²) >= 11 is 0. The van der Waals surface area contributed by atoms with Gasteiger partial charge in [-0.2, -0.15) is 0 Å². The molecule has 59 heavy (non-hydrogen) atoms. The molecule has 3 N–H and O–H groups in total. The van der Waals surface area contributed by atoms with E-state index < -0.39 is 80.2 Å². The SMILES string of the molecule is COc1ccc2c(c1)oc1c(O[C@@H]3C[C@H]4C(=O)N[C@]5(C(=O)NS(=O)(=O)C6CC6)C[C@H]5C=CCCCCC[C@H](NC(=O)OC(C)(C)C)C(=O)N4C3)c3cc(F)ccc3nc12. The van der Waals surface area contributed by atoms with Crippen molar-refractivity contribution in [1.82, 2.24) is 25.2 Å². The molecule has 4 heterocycles. The molecule has 3 fully saturated rings. The van der Waals surface area contributed by atoms with Crippen LogP contribution in [0.3, 0.4) is 0 Å². The van der Waals surface area contributed by atoms with Crippen molar-refractivity contribution in [2.45, 2.75) is 113 Å². The number of nitrogens with one attached hydrogen (secondary N) is 3. The second-order valence-corrected chi connectivity index (χ2v) is 18.9. The maximum absolute atomic E-state index is 14.9. The summed E-state index contributed by atoms with van der Waals surface area (Å²) in [5.74, 6) is -2.44. The van der Waals surface area contributed by atoms with Gasteiger partial charge in [0.05, 0.1) is 24.4 Å². The average molecular weight is 834 g/mol. The molecule has 2 aliphatic heterocycles. The zero-order chi connectivity index (χ0) is 41.9. The minimum absolute atomic E-state index is 0.0794. The molecule has 1 saturated heterocycles. The summed E-state index contributed by atoms with van der Waals surface area (Å²) in [6.45, 7) is 4.98. The van der Waals surface area contributed by atoms with Gasteiger partial charge in [-0.1, -0.05) is 25.0 Å². The lowest BCUT2D eigenvalue weighted by atomic mass is 10.0. The van der Waals surface area contributed by atoms with E-state index in [1.54, 1.807) is 39.0 Å². The van der Waals surface area contributed by atoms with Crippen LogP contribution in [0.15, 0.2) is 53.0 Å². The average Bonchev–Trinajstić information content (AvgIpc) is 4.07. The summed E-state index contributed by atoms with van der Waals surface area (Å²) in [6.07, 6.45) is 6.00. The summed E-state index contributed by atoms with van der Waals surface area (Å²) in [7, 11) is -2.42. The van der Waals surface area contributed by atoms with Crippen LogP contribution < -0.4 is 24.8 Å². The fourth-order valence-electron chi connectivity index (χ4n) is 8.07. The fraction of sp³-hybridized carbons (Fsp3) is 0.500. The van der Waals surface area contributed by atoms with Crippen molar-refractivity contribution in [1.29, 1.82) is 0 Å². The number of rotatable bonds is 7. The zero-order valence-electron chi connectivity index (χ0n) is 33.3. The van der Waals surface area contributed by atoms with Gasteiger partial charge in [-0.3, -0.25) is 19.1 Å². The number of aromatic nitrogens is 1. The molecular formula is C42H48FN5O10S. The van der Waals surface area contributed by atoms with Crippen LogP contribution in [0.1, 0.15) is 78.6 Å². The number of carbonyl (C=O) groups is 4. The molecule has 314 valence electrons. The number of nitrogens with zero attached hydrogens (tertiary/aromatic N) is 2. The molecule has 4 aromatic rings. The first-order chi connectivity index (χ1) is 28.0. The van der Waals surface area contributed by atoms with Crippen LogP contribution in [0.5, 0.6) is 11.5 Å². The third-order valence-electron chi connectivity index (χ3n) is 11.3. The van der Waals surface area contributed by atoms with Crippen LogP contribution >= 0.6 is 0 Å². The fourth-order valence-corrected chi connectivity index (χ4v) is 9.43. The number of benzene rings is 2. The van der Waals surface area contributed by atoms with Gasteiger partial charge in [0.2, 0.25) is 21.8 Å².